The fraction of sp³-hybridized carbons (Fsp3) is 0.348. The second-order valence-corrected chi connectivity index (χ2v) is 8.46. The molecule has 2 rings (SSSR count). The molecule has 2 aromatic rings. The van der Waals surface area contributed by atoms with Gasteiger partial charge in [0.15, 0.2) is 5.11 Å². The van der Waals surface area contributed by atoms with Crippen molar-refractivity contribution in [3.05, 3.63) is 71.3 Å². The van der Waals surface area contributed by atoms with Gasteiger partial charge in [0.1, 0.15) is 0 Å². The number of nitrogens with zero attached hydrogens (tertiary/aromatic N) is 1. The average Bonchev–Trinajstić information content (AvgIpc) is 2.72. The quantitative estimate of drug-likeness (QED) is 0.489. The molecule has 2 aromatic carbocycles. The maximum atomic E-state index is 12.3. The van der Waals surface area contributed by atoms with E-state index in [0.717, 1.165) is 5.56 Å². The van der Waals surface area contributed by atoms with Crippen LogP contribution in [0.2, 0.25) is 0 Å². The van der Waals surface area contributed by atoms with Crippen LogP contribution in [0.25, 0.3) is 0 Å². The number of thiocarbonyl (C=S) groups is 1. The minimum Gasteiger partial charge on any atom is -0.357 e. The molecule has 0 spiro atoms. The number of carbonyl (C=O) groups excluding carboxylic acids is 2. The van der Waals surface area contributed by atoms with Crippen LogP contribution in [0.3, 0.4) is 0 Å². The van der Waals surface area contributed by atoms with Crippen LogP contribution in [-0.4, -0.2) is 35.5 Å². The summed E-state index contributed by atoms with van der Waals surface area (Å²) in [6.45, 7) is 7.19. The number of benzene rings is 2. The Morgan fingerprint density at radius 3 is 2.20 bits per heavy atom. The van der Waals surface area contributed by atoms with Gasteiger partial charge in [-0.3, -0.25) is 20.0 Å². The number of hydrazine groups is 1. The zero-order valence-corrected chi connectivity index (χ0v) is 18.8. The molecule has 0 aromatic heterocycles. The molecule has 0 unspecified atom stereocenters. The van der Waals surface area contributed by atoms with Crippen molar-refractivity contribution in [1.29, 1.82) is 0 Å². The zero-order valence-electron chi connectivity index (χ0n) is 18.0. The van der Waals surface area contributed by atoms with E-state index in [-0.39, 0.29) is 30.2 Å². The molecule has 6 nitrogen and oxygen atoms in total. The van der Waals surface area contributed by atoms with Crippen molar-refractivity contribution in [2.24, 2.45) is 0 Å². The molecular formula is C23H30N4O2S. The SMILES string of the molecule is CN(NC(=O)CCNC(=O)c1ccc(C(C)(C)C)cc1)C(=S)NCc1ccccc1. The Bertz CT molecular complexity index is 861. The van der Waals surface area contributed by atoms with E-state index in [0.29, 0.717) is 17.2 Å². The number of amides is 2. The van der Waals surface area contributed by atoms with Crippen molar-refractivity contribution in [3.63, 3.8) is 0 Å². The molecule has 0 saturated heterocycles. The molecule has 0 aliphatic rings. The van der Waals surface area contributed by atoms with E-state index >= 15 is 0 Å². The number of carbonyl (C=O) groups is 2. The van der Waals surface area contributed by atoms with Gasteiger partial charge in [-0.1, -0.05) is 63.2 Å². The Morgan fingerprint density at radius 2 is 1.60 bits per heavy atom. The molecule has 3 N–H and O–H groups in total. The number of hydrogen-bond acceptors (Lipinski definition) is 3. The molecule has 0 fully saturated rings. The minimum absolute atomic E-state index is 0.0374. The number of nitrogens with one attached hydrogen (secondary N) is 3. The van der Waals surface area contributed by atoms with Crippen LogP contribution in [0.4, 0.5) is 0 Å². The highest BCUT2D eigenvalue weighted by molar-refractivity contribution is 7.80. The van der Waals surface area contributed by atoms with Gasteiger partial charge in [0.25, 0.3) is 5.91 Å². The molecule has 30 heavy (non-hydrogen) atoms. The molecule has 7 heteroatoms. The largest absolute Gasteiger partial charge is 0.357 e. The van der Waals surface area contributed by atoms with Gasteiger partial charge in [-0.2, -0.15) is 0 Å². The van der Waals surface area contributed by atoms with Crippen molar-refractivity contribution in [1.82, 2.24) is 21.1 Å². The molecule has 0 radical (unpaired) electrons. The molecule has 0 aliphatic heterocycles. The van der Waals surface area contributed by atoms with E-state index < -0.39 is 0 Å². The normalized spacial score (nSPS) is 10.8. The standard InChI is InChI=1S/C23H30N4O2S/c1-23(2,3)19-12-10-18(11-13-19)21(29)24-15-14-20(28)26-27(4)22(30)25-16-17-8-6-5-7-9-17/h5-13H,14-16H2,1-4H3,(H,24,29)(H,25,30)(H,26,28). The topological polar surface area (TPSA) is 73.5 Å². The number of rotatable bonds is 6. The lowest BCUT2D eigenvalue weighted by Crippen LogP contribution is -2.48. The third-order valence-electron chi connectivity index (χ3n) is 4.53. The first-order chi connectivity index (χ1) is 14.2. The van der Waals surface area contributed by atoms with Crippen molar-refractivity contribution in [2.75, 3.05) is 13.6 Å². The molecule has 160 valence electrons. The lowest BCUT2D eigenvalue weighted by Gasteiger charge is -2.22. The van der Waals surface area contributed by atoms with Crippen LogP contribution in [0.1, 0.15) is 48.7 Å². The predicted octanol–water partition coefficient (Wildman–Crippen LogP) is 3.14. The first-order valence-corrected chi connectivity index (χ1v) is 10.3. The maximum Gasteiger partial charge on any atom is 0.251 e. The molecule has 0 bridgehead atoms. The maximum absolute atomic E-state index is 12.3. The van der Waals surface area contributed by atoms with E-state index in [1.54, 1.807) is 19.2 Å². The average molecular weight is 427 g/mol. The Morgan fingerprint density at radius 1 is 0.967 bits per heavy atom. The summed E-state index contributed by atoms with van der Waals surface area (Å²) >= 11 is 5.28. The molecule has 2 amide bonds. The molecule has 0 heterocycles. The van der Waals surface area contributed by atoms with E-state index in [4.69, 9.17) is 12.2 Å². The molecule has 0 saturated carbocycles. The first kappa shape index (κ1) is 23.3. The Labute approximate surface area is 184 Å². The molecule has 0 atom stereocenters. The van der Waals surface area contributed by atoms with Gasteiger partial charge in [-0.25, -0.2) is 0 Å². The summed E-state index contributed by atoms with van der Waals surface area (Å²) in [5.74, 6) is -0.429. The summed E-state index contributed by atoms with van der Waals surface area (Å²) < 4.78 is 0. The fourth-order valence-electron chi connectivity index (χ4n) is 2.70. The number of hydrogen-bond donors (Lipinski definition) is 3. The third-order valence-corrected chi connectivity index (χ3v) is 4.95. The van der Waals surface area contributed by atoms with Gasteiger partial charge in [0.05, 0.1) is 0 Å². The fourth-order valence-corrected chi connectivity index (χ4v) is 2.82. The van der Waals surface area contributed by atoms with Gasteiger partial charge >= 0.3 is 0 Å². The summed E-state index contributed by atoms with van der Waals surface area (Å²) in [5.41, 5.74) is 5.57. The van der Waals surface area contributed by atoms with Crippen LogP contribution in [0.15, 0.2) is 54.6 Å². The highest BCUT2D eigenvalue weighted by Crippen LogP contribution is 2.22. The van der Waals surface area contributed by atoms with E-state index in [2.05, 4.69) is 36.8 Å². The Hall–Kier alpha value is -2.93. The summed E-state index contributed by atoms with van der Waals surface area (Å²) in [6.07, 6.45) is 0.150. The van der Waals surface area contributed by atoms with Gasteiger partial charge in [-0.15, -0.1) is 0 Å². The first-order valence-electron chi connectivity index (χ1n) is 9.90. The van der Waals surface area contributed by atoms with Gasteiger partial charge in [0.2, 0.25) is 5.91 Å². The second-order valence-electron chi connectivity index (χ2n) is 8.07. The third kappa shape index (κ3) is 7.48. The van der Waals surface area contributed by atoms with E-state index in [9.17, 15) is 9.59 Å². The minimum atomic E-state index is -0.232. The lowest BCUT2D eigenvalue weighted by atomic mass is 9.87. The van der Waals surface area contributed by atoms with Crippen LogP contribution in [0, 0.1) is 0 Å². The monoisotopic (exact) mass is 426 g/mol. The Kier molecular flexibility index (Phi) is 8.35. The lowest BCUT2D eigenvalue weighted by molar-refractivity contribution is -0.123. The summed E-state index contributed by atoms with van der Waals surface area (Å²) in [4.78, 5) is 24.4. The molecule has 0 aliphatic carbocycles. The van der Waals surface area contributed by atoms with Crippen molar-refractivity contribution < 1.29 is 9.59 Å². The van der Waals surface area contributed by atoms with Crippen LogP contribution >= 0.6 is 12.2 Å². The van der Waals surface area contributed by atoms with Gasteiger partial charge in [0, 0.05) is 32.1 Å². The van der Waals surface area contributed by atoms with Gasteiger partial charge < -0.3 is 10.6 Å². The highest BCUT2D eigenvalue weighted by Gasteiger charge is 2.14. The highest BCUT2D eigenvalue weighted by atomic mass is 32.1. The second kappa shape index (κ2) is 10.7. The summed E-state index contributed by atoms with van der Waals surface area (Å²) in [6, 6.07) is 17.4. The summed E-state index contributed by atoms with van der Waals surface area (Å²) in [7, 11) is 1.67. The Balaban J connectivity index is 1.70. The predicted molar refractivity (Wildman–Crippen MR) is 124 cm³/mol. The van der Waals surface area contributed by atoms with E-state index in [1.807, 2.05) is 42.5 Å². The van der Waals surface area contributed by atoms with Crippen molar-refractivity contribution in [2.45, 2.75) is 39.2 Å². The smallest absolute Gasteiger partial charge is 0.251 e. The van der Waals surface area contributed by atoms with Crippen LogP contribution in [0.5, 0.6) is 0 Å². The van der Waals surface area contributed by atoms with E-state index in [1.165, 1.54) is 10.6 Å². The van der Waals surface area contributed by atoms with Crippen molar-refractivity contribution >= 4 is 29.1 Å². The summed E-state index contributed by atoms with van der Waals surface area (Å²) in [5, 5.41) is 7.74. The molecular weight excluding hydrogens is 396 g/mol. The van der Waals surface area contributed by atoms with Crippen molar-refractivity contribution in [3.8, 4) is 0 Å². The zero-order chi connectivity index (χ0) is 22.1. The van der Waals surface area contributed by atoms with Crippen LogP contribution < -0.4 is 16.1 Å². The van der Waals surface area contributed by atoms with Gasteiger partial charge in [-0.05, 0) is 40.9 Å². The van der Waals surface area contributed by atoms with Crippen LogP contribution in [-0.2, 0) is 16.8 Å².